The van der Waals surface area contributed by atoms with E-state index < -0.39 is 9.84 Å². The number of nitrogens with one attached hydrogen (secondary N) is 1. The monoisotopic (exact) mass is 449 g/mol. The van der Waals surface area contributed by atoms with Crippen LogP contribution in [0, 0.1) is 0 Å². The van der Waals surface area contributed by atoms with E-state index in [-0.39, 0.29) is 34.5 Å². The predicted octanol–water partition coefficient (Wildman–Crippen LogP) is 1.83. The van der Waals surface area contributed by atoms with Crippen molar-refractivity contribution < 1.29 is 8.42 Å². The summed E-state index contributed by atoms with van der Waals surface area (Å²) in [4.78, 5) is 6.84. The van der Waals surface area contributed by atoms with Gasteiger partial charge < -0.3 is 10.2 Å². The van der Waals surface area contributed by atoms with Crippen LogP contribution < -0.4 is 5.32 Å². The number of sulfone groups is 1. The second-order valence-electron chi connectivity index (χ2n) is 5.75. The fourth-order valence-electron chi connectivity index (χ4n) is 2.13. The highest BCUT2D eigenvalue weighted by Crippen LogP contribution is 2.29. The number of guanidine groups is 1. The Balaban J connectivity index is 0.00000400. The van der Waals surface area contributed by atoms with Crippen molar-refractivity contribution in [3.63, 3.8) is 0 Å². The molecule has 8 heteroatoms. The van der Waals surface area contributed by atoms with Crippen LogP contribution in [0.15, 0.2) is 4.99 Å². The SMILES string of the molecule is CCNC(=NCCCS(C)(=O)=O)N1CCSC(C)(C)C1.I. The smallest absolute Gasteiger partial charge is 0.193 e. The minimum Gasteiger partial charge on any atom is -0.357 e. The number of halogens is 1. The predicted molar refractivity (Wildman–Crippen MR) is 104 cm³/mol. The normalized spacial score (nSPS) is 19.0. The van der Waals surface area contributed by atoms with Gasteiger partial charge >= 0.3 is 0 Å². The maximum atomic E-state index is 11.1. The van der Waals surface area contributed by atoms with E-state index in [1.54, 1.807) is 0 Å². The molecule has 1 aliphatic heterocycles. The van der Waals surface area contributed by atoms with Crippen LogP contribution in [0.2, 0.25) is 0 Å². The molecule has 1 saturated heterocycles. The average molecular weight is 449 g/mol. The number of hydrogen-bond acceptors (Lipinski definition) is 4. The van der Waals surface area contributed by atoms with Crippen LogP contribution >= 0.6 is 35.7 Å². The van der Waals surface area contributed by atoms with Crippen molar-refractivity contribution in [3.8, 4) is 0 Å². The Bertz CT molecular complexity index is 439. The third-order valence-electron chi connectivity index (χ3n) is 2.99. The summed E-state index contributed by atoms with van der Waals surface area (Å²) in [6.07, 6.45) is 1.85. The molecule has 1 fully saturated rings. The lowest BCUT2D eigenvalue weighted by Gasteiger charge is -2.39. The first kappa shape index (κ1) is 21.3. The first-order chi connectivity index (χ1) is 9.23. The van der Waals surface area contributed by atoms with E-state index in [1.165, 1.54) is 6.26 Å². The summed E-state index contributed by atoms with van der Waals surface area (Å²) in [6.45, 7) is 9.89. The zero-order valence-corrected chi connectivity index (χ0v) is 17.3. The lowest BCUT2D eigenvalue weighted by molar-refractivity contribution is 0.376. The van der Waals surface area contributed by atoms with Gasteiger partial charge in [0.2, 0.25) is 0 Å². The highest BCUT2D eigenvalue weighted by molar-refractivity contribution is 14.0. The van der Waals surface area contributed by atoms with Crippen LogP contribution in [0.1, 0.15) is 27.2 Å². The van der Waals surface area contributed by atoms with E-state index in [4.69, 9.17) is 0 Å². The minimum absolute atomic E-state index is 0. The Morgan fingerprint density at radius 1 is 1.43 bits per heavy atom. The molecular weight excluding hydrogens is 421 g/mol. The first-order valence-corrected chi connectivity index (χ1v) is 10.1. The number of hydrogen-bond donors (Lipinski definition) is 1. The van der Waals surface area contributed by atoms with Crippen molar-refractivity contribution in [2.45, 2.75) is 31.9 Å². The summed E-state index contributed by atoms with van der Waals surface area (Å²) in [5.41, 5.74) is 0. The zero-order valence-electron chi connectivity index (χ0n) is 13.4. The second kappa shape index (κ2) is 9.44. The van der Waals surface area contributed by atoms with Crippen molar-refractivity contribution in [2.24, 2.45) is 4.99 Å². The molecule has 1 N–H and O–H groups in total. The number of aliphatic imine (C=N–C) groups is 1. The van der Waals surface area contributed by atoms with Crippen LogP contribution in [0.3, 0.4) is 0 Å². The molecule has 1 rings (SSSR count). The van der Waals surface area contributed by atoms with E-state index in [2.05, 4.69) is 36.0 Å². The molecule has 0 amide bonds. The molecule has 1 aliphatic rings. The van der Waals surface area contributed by atoms with E-state index in [0.29, 0.717) is 13.0 Å². The molecule has 5 nitrogen and oxygen atoms in total. The third-order valence-corrected chi connectivity index (χ3v) is 5.32. The van der Waals surface area contributed by atoms with E-state index in [9.17, 15) is 8.42 Å². The fraction of sp³-hybridized carbons (Fsp3) is 0.923. The molecule has 0 atom stereocenters. The molecule has 0 radical (unpaired) electrons. The van der Waals surface area contributed by atoms with Gasteiger partial charge in [-0.2, -0.15) is 11.8 Å². The van der Waals surface area contributed by atoms with Crippen LogP contribution in [-0.2, 0) is 9.84 Å². The first-order valence-electron chi connectivity index (χ1n) is 7.08. The van der Waals surface area contributed by atoms with Gasteiger partial charge in [0.15, 0.2) is 5.96 Å². The average Bonchev–Trinajstić information content (AvgIpc) is 2.30. The maximum absolute atomic E-state index is 11.1. The van der Waals surface area contributed by atoms with Crippen molar-refractivity contribution in [1.82, 2.24) is 10.2 Å². The molecule has 0 aliphatic carbocycles. The number of rotatable bonds is 5. The second-order valence-corrected chi connectivity index (χ2v) is 9.81. The van der Waals surface area contributed by atoms with Gasteiger partial charge in [-0.15, -0.1) is 24.0 Å². The van der Waals surface area contributed by atoms with Gasteiger partial charge in [-0.25, -0.2) is 8.42 Å². The molecule has 21 heavy (non-hydrogen) atoms. The summed E-state index contributed by atoms with van der Waals surface area (Å²) < 4.78 is 22.5. The van der Waals surface area contributed by atoms with Gasteiger partial charge in [0.1, 0.15) is 9.84 Å². The Hall–Kier alpha value is 0.300. The van der Waals surface area contributed by atoms with Crippen LogP contribution in [0.25, 0.3) is 0 Å². The van der Waals surface area contributed by atoms with Gasteiger partial charge in [0.05, 0.1) is 5.75 Å². The summed E-state index contributed by atoms with van der Waals surface area (Å²) in [7, 11) is -2.88. The minimum atomic E-state index is -2.88. The molecule has 0 aromatic rings. The van der Waals surface area contributed by atoms with E-state index in [0.717, 1.165) is 31.3 Å². The van der Waals surface area contributed by atoms with Gasteiger partial charge in [0, 0.05) is 42.9 Å². The van der Waals surface area contributed by atoms with Crippen molar-refractivity contribution in [1.29, 1.82) is 0 Å². The standard InChI is InChI=1S/C13H27N3O2S2.HI/c1-5-14-12(15-7-6-10-20(4,17)18)16-8-9-19-13(2,3)11-16;/h5-11H2,1-4H3,(H,14,15);1H. The van der Waals surface area contributed by atoms with Crippen molar-refractivity contribution >= 4 is 51.5 Å². The van der Waals surface area contributed by atoms with Crippen LogP contribution in [0.4, 0.5) is 0 Å². The maximum Gasteiger partial charge on any atom is 0.193 e. The summed E-state index contributed by atoms with van der Waals surface area (Å²) in [6, 6.07) is 0. The topological polar surface area (TPSA) is 61.8 Å². The zero-order chi connectivity index (χ0) is 15.2. The highest BCUT2D eigenvalue weighted by Gasteiger charge is 2.28. The highest BCUT2D eigenvalue weighted by atomic mass is 127. The molecule has 0 aromatic carbocycles. The molecule has 0 aromatic heterocycles. The van der Waals surface area contributed by atoms with E-state index in [1.807, 2.05) is 11.8 Å². The van der Waals surface area contributed by atoms with Gasteiger partial charge in [-0.1, -0.05) is 0 Å². The Morgan fingerprint density at radius 3 is 2.62 bits per heavy atom. The van der Waals surface area contributed by atoms with Crippen LogP contribution in [-0.4, -0.2) is 68.0 Å². The molecular formula is C13H28IN3O2S2. The molecule has 126 valence electrons. The molecule has 1 heterocycles. The number of nitrogens with zero attached hydrogens (tertiary/aromatic N) is 2. The lowest BCUT2D eigenvalue weighted by Crippen LogP contribution is -2.51. The Kier molecular flexibility index (Phi) is 9.58. The molecule has 0 spiro atoms. The molecule has 0 saturated carbocycles. The molecule has 0 unspecified atom stereocenters. The van der Waals surface area contributed by atoms with Crippen molar-refractivity contribution in [2.75, 3.05) is 43.9 Å². The lowest BCUT2D eigenvalue weighted by atomic mass is 10.2. The quantitative estimate of drug-likeness (QED) is 0.300. The van der Waals surface area contributed by atoms with Gasteiger partial charge in [0.25, 0.3) is 0 Å². The fourth-order valence-corrected chi connectivity index (χ4v) is 3.90. The summed E-state index contributed by atoms with van der Waals surface area (Å²) >= 11 is 1.99. The number of thioether (sulfide) groups is 1. The van der Waals surface area contributed by atoms with E-state index >= 15 is 0 Å². The largest absolute Gasteiger partial charge is 0.357 e. The van der Waals surface area contributed by atoms with Gasteiger partial charge in [-0.05, 0) is 27.2 Å². The summed E-state index contributed by atoms with van der Waals surface area (Å²) in [5, 5.41) is 3.30. The van der Waals surface area contributed by atoms with Gasteiger partial charge in [-0.3, -0.25) is 4.99 Å². The Labute approximate surface area is 150 Å². The molecule has 0 bridgehead atoms. The summed E-state index contributed by atoms with van der Waals surface area (Å²) in [5.74, 6) is 2.22. The van der Waals surface area contributed by atoms with Crippen molar-refractivity contribution in [3.05, 3.63) is 0 Å². The van der Waals surface area contributed by atoms with Crippen LogP contribution in [0.5, 0.6) is 0 Å². The Morgan fingerprint density at radius 2 is 2.10 bits per heavy atom. The third kappa shape index (κ3) is 9.12.